The van der Waals surface area contributed by atoms with Crippen LogP contribution in [0.2, 0.25) is 0 Å². The van der Waals surface area contributed by atoms with E-state index in [1.54, 1.807) is 0 Å². The lowest BCUT2D eigenvalue weighted by atomic mass is 10.1. The van der Waals surface area contributed by atoms with Crippen LogP contribution in [0.25, 0.3) is 11.4 Å². The first-order valence-corrected chi connectivity index (χ1v) is 7.32. The molecule has 1 aliphatic carbocycles. The summed E-state index contributed by atoms with van der Waals surface area (Å²) in [6.45, 7) is 9.51. The molecule has 2 aromatic heterocycles. The molecule has 5 nitrogen and oxygen atoms in total. The molecule has 2 aromatic rings. The topological polar surface area (TPSA) is 61.7 Å². The third kappa shape index (κ3) is 2.01. The van der Waals surface area contributed by atoms with Gasteiger partial charge in [-0.05, 0) is 40.5 Å². The minimum Gasteiger partial charge on any atom is -0.383 e. The van der Waals surface area contributed by atoms with Crippen molar-refractivity contribution in [2.24, 2.45) is 0 Å². The van der Waals surface area contributed by atoms with Crippen LogP contribution in [0.15, 0.2) is 12.5 Å². The van der Waals surface area contributed by atoms with Crippen LogP contribution < -0.4 is 5.73 Å². The molecule has 2 heterocycles. The Labute approximate surface area is 119 Å². The number of hydrogen-bond donors (Lipinski definition) is 1. The van der Waals surface area contributed by atoms with Crippen molar-refractivity contribution in [1.29, 1.82) is 0 Å². The van der Waals surface area contributed by atoms with Gasteiger partial charge in [0.15, 0.2) is 0 Å². The van der Waals surface area contributed by atoms with E-state index in [2.05, 4.69) is 41.8 Å². The smallest absolute Gasteiger partial charge is 0.133 e. The molecule has 108 valence electrons. The van der Waals surface area contributed by atoms with Gasteiger partial charge in [-0.15, -0.1) is 0 Å². The summed E-state index contributed by atoms with van der Waals surface area (Å²) in [5.41, 5.74) is 8.26. The standard InChI is InChI=1S/C15H23N5/c1-5-19-9-17-8-11(19)12-13(16)20(15(2,3)4)14(18-12)10-6-7-10/h8-10H,5-7,16H2,1-4H3. The summed E-state index contributed by atoms with van der Waals surface area (Å²) in [5.74, 6) is 2.46. The Morgan fingerprint density at radius 1 is 1.35 bits per heavy atom. The van der Waals surface area contributed by atoms with Crippen molar-refractivity contribution in [1.82, 2.24) is 19.1 Å². The predicted molar refractivity (Wildman–Crippen MR) is 80.5 cm³/mol. The van der Waals surface area contributed by atoms with Crippen LogP contribution in [0.1, 0.15) is 52.3 Å². The van der Waals surface area contributed by atoms with Gasteiger partial charge in [0, 0.05) is 18.0 Å². The molecule has 2 N–H and O–H groups in total. The Hall–Kier alpha value is -1.78. The summed E-state index contributed by atoms with van der Waals surface area (Å²) >= 11 is 0. The molecular weight excluding hydrogens is 250 g/mol. The molecule has 0 radical (unpaired) electrons. The van der Waals surface area contributed by atoms with Crippen LogP contribution in [-0.2, 0) is 12.1 Å². The molecule has 1 saturated carbocycles. The van der Waals surface area contributed by atoms with E-state index in [-0.39, 0.29) is 5.54 Å². The van der Waals surface area contributed by atoms with Crippen molar-refractivity contribution in [2.75, 3.05) is 5.73 Å². The Kier molecular flexibility index (Phi) is 2.88. The second kappa shape index (κ2) is 4.36. The van der Waals surface area contributed by atoms with Crippen LogP contribution in [0, 0.1) is 0 Å². The molecule has 0 saturated heterocycles. The molecular formula is C15H23N5. The highest BCUT2D eigenvalue weighted by molar-refractivity contribution is 5.68. The van der Waals surface area contributed by atoms with E-state index in [0.717, 1.165) is 29.6 Å². The Morgan fingerprint density at radius 2 is 2.05 bits per heavy atom. The molecule has 1 fully saturated rings. The summed E-state index contributed by atoms with van der Waals surface area (Å²) in [7, 11) is 0. The molecule has 0 amide bonds. The molecule has 20 heavy (non-hydrogen) atoms. The van der Waals surface area contributed by atoms with Gasteiger partial charge in [-0.2, -0.15) is 0 Å². The fourth-order valence-electron chi connectivity index (χ4n) is 2.73. The zero-order valence-electron chi connectivity index (χ0n) is 12.7. The molecule has 0 bridgehead atoms. The highest BCUT2D eigenvalue weighted by Gasteiger charge is 2.34. The van der Waals surface area contributed by atoms with E-state index in [4.69, 9.17) is 10.7 Å². The van der Waals surface area contributed by atoms with E-state index in [1.165, 1.54) is 12.8 Å². The number of nitrogen functional groups attached to an aromatic ring is 1. The average molecular weight is 273 g/mol. The summed E-state index contributed by atoms with van der Waals surface area (Å²) in [4.78, 5) is 9.10. The number of hydrogen-bond acceptors (Lipinski definition) is 3. The summed E-state index contributed by atoms with van der Waals surface area (Å²) in [5, 5.41) is 0. The lowest BCUT2D eigenvalue weighted by Crippen LogP contribution is -2.25. The van der Waals surface area contributed by atoms with Gasteiger partial charge in [0.1, 0.15) is 17.3 Å². The molecule has 0 unspecified atom stereocenters. The molecule has 0 atom stereocenters. The van der Waals surface area contributed by atoms with Crippen LogP contribution in [0.4, 0.5) is 5.82 Å². The average Bonchev–Trinajstić information content (AvgIpc) is 2.99. The zero-order valence-corrected chi connectivity index (χ0v) is 12.7. The number of rotatable bonds is 3. The van der Waals surface area contributed by atoms with Crippen LogP contribution in [0.3, 0.4) is 0 Å². The maximum atomic E-state index is 6.43. The summed E-state index contributed by atoms with van der Waals surface area (Å²) < 4.78 is 4.29. The van der Waals surface area contributed by atoms with E-state index < -0.39 is 0 Å². The van der Waals surface area contributed by atoms with Gasteiger partial charge >= 0.3 is 0 Å². The lowest BCUT2D eigenvalue weighted by Gasteiger charge is -2.25. The second-order valence-electron chi connectivity index (χ2n) is 6.55. The van der Waals surface area contributed by atoms with E-state index in [1.807, 2.05) is 12.5 Å². The van der Waals surface area contributed by atoms with Gasteiger partial charge in [-0.3, -0.25) is 0 Å². The Morgan fingerprint density at radius 3 is 2.60 bits per heavy atom. The second-order valence-corrected chi connectivity index (χ2v) is 6.55. The highest BCUT2D eigenvalue weighted by atomic mass is 15.2. The van der Waals surface area contributed by atoms with E-state index in [0.29, 0.717) is 5.92 Å². The number of nitrogens with zero attached hydrogens (tertiary/aromatic N) is 4. The normalized spacial score (nSPS) is 15.8. The number of imidazole rings is 2. The maximum Gasteiger partial charge on any atom is 0.133 e. The van der Waals surface area contributed by atoms with Crippen LogP contribution in [-0.4, -0.2) is 19.1 Å². The van der Waals surface area contributed by atoms with Gasteiger partial charge in [-0.25, -0.2) is 9.97 Å². The first-order valence-electron chi connectivity index (χ1n) is 7.32. The first-order chi connectivity index (χ1) is 9.43. The Bertz CT molecular complexity index is 625. The predicted octanol–water partition coefficient (Wildman–Crippen LogP) is 2.98. The van der Waals surface area contributed by atoms with Crippen molar-refractivity contribution in [2.45, 2.75) is 58.5 Å². The zero-order chi connectivity index (χ0) is 14.5. The van der Waals surface area contributed by atoms with Crippen molar-refractivity contribution in [3.8, 4) is 11.4 Å². The summed E-state index contributed by atoms with van der Waals surface area (Å²) in [6.07, 6.45) is 6.13. The minimum atomic E-state index is -0.0513. The van der Waals surface area contributed by atoms with Gasteiger partial charge in [0.05, 0.1) is 18.2 Å². The largest absolute Gasteiger partial charge is 0.383 e. The molecule has 3 rings (SSSR count). The molecule has 0 spiro atoms. The number of aromatic nitrogens is 4. The van der Waals surface area contributed by atoms with Gasteiger partial charge in [-0.1, -0.05) is 0 Å². The monoisotopic (exact) mass is 273 g/mol. The summed E-state index contributed by atoms with van der Waals surface area (Å²) in [6, 6.07) is 0. The quantitative estimate of drug-likeness (QED) is 0.935. The Balaban J connectivity index is 2.18. The van der Waals surface area contributed by atoms with Gasteiger partial charge < -0.3 is 14.9 Å². The lowest BCUT2D eigenvalue weighted by molar-refractivity contribution is 0.388. The molecule has 5 heteroatoms. The van der Waals surface area contributed by atoms with E-state index >= 15 is 0 Å². The van der Waals surface area contributed by atoms with Crippen molar-refractivity contribution < 1.29 is 0 Å². The SMILES string of the molecule is CCn1cncc1-c1nc(C2CC2)n(C(C)(C)C)c1N. The third-order valence-electron chi connectivity index (χ3n) is 3.85. The molecule has 1 aliphatic rings. The maximum absolute atomic E-state index is 6.43. The third-order valence-corrected chi connectivity index (χ3v) is 3.85. The van der Waals surface area contributed by atoms with Crippen molar-refractivity contribution >= 4 is 5.82 Å². The number of nitrogens with two attached hydrogens (primary N) is 1. The van der Waals surface area contributed by atoms with Crippen LogP contribution >= 0.6 is 0 Å². The van der Waals surface area contributed by atoms with Crippen molar-refractivity contribution in [3.63, 3.8) is 0 Å². The fourth-order valence-corrected chi connectivity index (χ4v) is 2.73. The number of anilines is 1. The molecule has 0 aromatic carbocycles. The van der Waals surface area contributed by atoms with E-state index in [9.17, 15) is 0 Å². The molecule has 0 aliphatic heterocycles. The minimum absolute atomic E-state index is 0.0513. The first kappa shape index (κ1) is 13.2. The highest BCUT2D eigenvalue weighted by Crippen LogP contribution is 2.44. The van der Waals surface area contributed by atoms with Gasteiger partial charge in [0.25, 0.3) is 0 Å². The van der Waals surface area contributed by atoms with Gasteiger partial charge in [0.2, 0.25) is 0 Å². The van der Waals surface area contributed by atoms with Crippen molar-refractivity contribution in [3.05, 3.63) is 18.3 Å². The number of aryl methyl sites for hydroxylation is 1. The van der Waals surface area contributed by atoms with Crippen LogP contribution in [0.5, 0.6) is 0 Å². The fraction of sp³-hybridized carbons (Fsp3) is 0.600.